The van der Waals surface area contributed by atoms with Crippen LogP contribution >= 0.6 is 15.9 Å². The standard InChI is InChI=1S/C18H16BrNO4/c1-22-14-7-12(8-15(9-14)23-2)17-16(10-21)18(24-20-17)11-3-5-13(19)6-4-11/h3-9,21H,10H2,1-2H3. The van der Waals surface area contributed by atoms with Crippen molar-refractivity contribution in [1.29, 1.82) is 0 Å². The molecular formula is C18H16BrNO4. The third-order valence-corrected chi connectivity index (χ3v) is 4.21. The summed E-state index contributed by atoms with van der Waals surface area (Å²) in [7, 11) is 3.17. The first kappa shape index (κ1) is 16.5. The Labute approximate surface area is 147 Å². The van der Waals surface area contributed by atoms with Crippen molar-refractivity contribution in [1.82, 2.24) is 5.16 Å². The smallest absolute Gasteiger partial charge is 0.173 e. The van der Waals surface area contributed by atoms with Crippen molar-refractivity contribution in [3.63, 3.8) is 0 Å². The van der Waals surface area contributed by atoms with E-state index in [9.17, 15) is 5.11 Å². The number of aromatic nitrogens is 1. The lowest BCUT2D eigenvalue weighted by atomic mass is 10.0. The summed E-state index contributed by atoms with van der Waals surface area (Å²) in [4.78, 5) is 0. The zero-order valence-electron chi connectivity index (χ0n) is 13.2. The highest BCUT2D eigenvalue weighted by molar-refractivity contribution is 9.10. The fraction of sp³-hybridized carbons (Fsp3) is 0.167. The normalized spacial score (nSPS) is 10.7. The van der Waals surface area contributed by atoms with Crippen LogP contribution in [0.1, 0.15) is 5.56 Å². The molecule has 3 aromatic rings. The molecular weight excluding hydrogens is 374 g/mol. The molecule has 0 radical (unpaired) electrons. The minimum Gasteiger partial charge on any atom is -0.497 e. The van der Waals surface area contributed by atoms with E-state index in [-0.39, 0.29) is 6.61 Å². The summed E-state index contributed by atoms with van der Waals surface area (Å²) in [5.74, 6) is 1.82. The van der Waals surface area contributed by atoms with E-state index in [1.807, 2.05) is 36.4 Å². The van der Waals surface area contributed by atoms with E-state index in [1.54, 1.807) is 20.3 Å². The number of rotatable bonds is 5. The van der Waals surface area contributed by atoms with Crippen molar-refractivity contribution >= 4 is 15.9 Å². The van der Waals surface area contributed by atoms with Gasteiger partial charge in [0.05, 0.1) is 26.4 Å². The Morgan fingerprint density at radius 1 is 1.00 bits per heavy atom. The van der Waals surface area contributed by atoms with Crippen LogP contribution in [0, 0.1) is 0 Å². The van der Waals surface area contributed by atoms with E-state index in [4.69, 9.17) is 14.0 Å². The van der Waals surface area contributed by atoms with E-state index in [2.05, 4.69) is 21.1 Å². The molecule has 0 atom stereocenters. The van der Waals surface area contributed by atoms with Crippen LogP contribution < -0.4 is 9.47 Å². The fourth-order valence-electron chi connectivity index (χ4n) is 2.45. The highest BCUT2D eigenvalue weighted by Crippen LogP contribution is 2.36. The van der Waals surface area contributed by atoms with Gasteiger partial charge in [0.15, 0.2) is 5.76 Å². The number of ether oxygens (including phenoxy) is 2. The van der Waals surface area contributed by atoms with Crippen LogP contribution in [0.25, 0.3) is 22.6 Å². The lowest BCUT2D eigenvalue weighted by Gasteiger charge is -2.07. The molecule has 0 spiro atoms. The highest BCUT2D eigenvalue weighted by Gasteiger charge is 2.19. The minimum absolute atomic E-state index is 0.191. The zero-order valence-corrected chi connectivity index (χ0v) is 14.8. The molecule has 0 fully saturated rings. The third kappa shape index (κ3) is 3.16. The average molecular weight is 390 g/mol. The molecule has 0 aliphatic rings. The largest absolute Gasteiger partial charge is 0.497 e. The molecule has 0 amide bonds. The number of hydrogen-bond donors (Lipinski definition) is 1. The Kier molecular flexibility index (Phi) is 4.87. The molecule has 0 aliphatic heterocycles. The second-order valence-electron chi connectivity index (χ2n) is 5.11. The lowest BCUT2D eigenvalue weighted by molar-refractivity contribution is 0.281. The topological polar surface area (TPSA) is 64.7 Å². The fourth-order valence-corrected chi connectivity index (χ4v) is 2.72. The molecule has 2 aromatic carbocycles. The molecule has 5 nitrogen and oxygen atoms in total. The summed E-state index contributed by atoms with van der Waals surface area (Å²) in [6.07, 6.45) is 0. The van der Waals surface area contributed by atoms with Gasteiger partial charge in [-0.15, -0.1) is 0 Å². The van der Waals surface area contributed by atoms with Crippen LogP contribution in [0.5, 0.6) is 11.5 Å². The number of nitrogens with zero attached hydrogens (tertiary/aromatic N) is 1. The van der Waals surface area contributed by atoms with Gasteiger partial charge < -0.3 is 19.1 Å². The summed E-state index contributed by atoms with van der Waals surface area (Å²) in [6.45, 7) is -0.191. The van der Waals surface area contributed by atoms with Gasteiger partial charge in [-0.25, -0.2) is 0 Å². The molecule has 1 N–H and O–H groups in total. The molecule has 124 valence electrons. The maximum absolute atomic E-state index is 9.85. The Bertz CT molecular complexity index is 820. The molecule has 0 saturated carbocycles. The third-order valence-electron chi connectivity index (χ3n) is 3.68. The van der Waals surface area contributed by atoms with Crippen molar-refractivity contribution in [2.45, 2.75) is 6.61 Å². The maximum atomic E-state index is 9.85. The molecule has 3 rings (SSSR count). The Hall–Kier alpha value is -2.31. The van der Waals surface area contributed by atoms with Gasteiger partial charge in [-0.3, -0.25) is 0 Å². The summed E-state index contributed by atoms with van der Waals surface area (Å²) in [5.41, 5.74) is 2.78. The second kappa shape index (κ2) is 7.07. The quantitative estimate of drug-likeness (QED) is 0.705. The summed E-state index contributed by atoms with van der Waals surface area (Å²) < 4.78 is 17.1. The second-order valence-corrected chi connectivity index (χ2v) is 6.02. The van der Waals surface area contributed by atoms with Crippen LogP contribution in [0.2, 0.25) is 0 Å². The Morgan fingerprint density at radius 3 is 2.17 bits per heavy atom. The van der Waals surface area contributed by atoms with Gasteiger partial charge in [0.25, 0.3) is 0 Å². The number of hydrogen-bond acceptors (Lipinski definition) is 5. The van der Waals surface area contributed by atoms with Gasteiger partial charge in [-0.1, -0.05) is 33.2 Å². The summed E-state index contributed by atoms with van der Waals surface area (Å²) >= 11 is 3.40. The van der Waals surface area contributed by atoms with Crippen LogP contribution in [0.4, 0.5) is 0 Å². The molecule has 6 heteroatoms. The van der Waals surface area contributed by atoms with Crippen molar-refractivity contribution in [2.24, 2.45) is 0 Å². The Balaban J connectivity index is 2.11. The molecule has 0 aliphatic carbocycles. The van der Waals surface area contributed by atoms with Gasteiger partial charge in [0.2, 0.25) is 0 Å². The average Bonchev–Trinajstić information content (AvgIpc) is 3.05. The molecule has 0 saturated heterocycles. The van der Waals surface area contributed by atoms with E-state index >= 15 is 0 Å². The van der Waals surface area contributed by atoms with Crippen LogP contribution in [-0.2, 0) is 6.61 Å². The first-order chi connectivity index (χ1) is 11.7. The van der Waals surface area contributed by atoms with E-state index in [0.29, 0.717) is 28.5 Å². The number of aliphatic hydroxyl groups excluding tert-OH is 1. The zero-order chi connectivity index (χ0) is 17.1. The van der Waals surface area contributed by atoms with Gasteiger partial charge in [-0.2, -0.15) is 0 Å². The number of aliphatic hydroxyl groups is 1. The van der Waals surface area contributed by atoms with Gasteiger partial charge in [-0.05, 0) is 24.3 Å². The maximum Gasteiger partial charge on any atom is 0.173 e. The minimum atomic E-state index is -0.191. The van der Waals surface area contributed by atoms with Crippen molar-refractivity contribution < 1.29 is 19.1 Å². The molecule has 1 heterocycles. The van der Waals surface area contributed by atoms with E-state index in [1.165, 1.54) is 0 Å². The van der Waals surface area contributed by atoms with E-state index < -0.39 is 0 Å². The molecule has 0 bridgehead atoms. The predicted octanol–water partition coefficient (Wildman–Crippen LogP) is 4.28. The van der Waals surface area contributed by atoms with Crippen molar-refractivity contribution in [2.75, 3.05) is 14.2 Å². The SMILES string of the molecule is COc1cc(OC)cc(-c2noc(-c3ccc(Br)cc3)c2CO)c1. The van der Waals surface area contributed by atoms with Crippen molar-refractivity contribution in [3.05, 3.63) is 52.5 Å². The Morgan fingerprint density at radius 2 is 1.62 bits per heavy atom. The van der Waals surface area contributed by atoms with Crippen LogP contribution in [0.15, 0.2) is 51.5 Å². The lowest BCUT2D eigenvalue weighted by Crippen LogP contribution is -1.92. The number of methoxy groups -OCH3 is 2. The number of halogens is 1. The van der Waals surface area contributed by atoms with E-state index in [0.717, 1.165) is 15.6 Å². The van der Waals surface area contributed by atoms with Gasteiger partial charge in [0.1, 0.15) is 17.2 Å². The predicted molar refractivity (Wildman–Crippen MR) is 94.1 cm³/mol. The van der Waals surface area contributed by atoms with Gasteiger partial charge in [0, 0.05) is 21.7 Å². The molecule has 1 aromatic heterocycles. The van der Waals surface area contributed by atoms with Gasteiger partial charge >= 0.3 is 0 Å². The summed E-state index contributed by atoms with van der Waals surface area (Å²) in [6, 6.07) is 13.0. The highest BCUT2D eigenvalue weighted by atomic mass is 79.9. The monoisotopic (exact) mass is 389 g/mol. The van der Waals surface area contributed by atoms with Crippen molar-refractivity contribution in [3.8, 4) is 34.1 Å². The first-order valence-electron chi connectivity index (χ1n) is 7.25. The number of benzene rings is 2. The summed E-state index contributed by atoms with van der Waals surface area (Å²) in [5, 5.41) is 14.0. The van der Waals surface area contributed by atoms with Crippen LogP contribution in [0.3, 0.4) is 0 Å². The molecule has 0 unspecified atom stereocenters. The molecule has 24 heavy (non-hydrogen) atoms. The first-order valence-corrected chi connectivity index (χ1v) is 8.04. The van der Waals surface area contributed by atoms with Crippen LogP contribution in [-0.4, -0.2) is 24.5 Å².